The fourth-order valence-electron chi connectivity index (χ4n) is 1.54. The zero-order chi connectivity index (χ0) is 14.9. The van der Waals surface area contributed by atoms with Gasteiger partial charge in [0.05, 0.1) is 4.47 Å². The highest BCUT2D eigenvalue weighted by molar-refractivity contribution is 9.10. The minimum atomic E-state index is -4.06. The van der Waals surface area contributed by atoms with Gasteiger partial charge in [-0.25, -0.2) is 12.8 Å². The predicted molar refractivity (Wildman–Crippen MR) is 83.5 cm³/mol. The molecule has 3 N–H and O–H groups in total. The van der Waals surface area contributed by atoms with E-state index in [9.17, 15) is 12.8 Å². The zero-order valence-electron chi connectivity index (χ0n) is 9.90. The van der Waals surface area contributed by atoms with Crippen LogP contribution in [0.5, 0.6) is 0 Å². The topological polar surface area (TPSA) is 72.2 Å². The highest BCUT2D eigenvalue weighted by atomic mass is 79.9. The predicted octanol–water partition coefficient (Wildman–Crippen LogP) is 3.73. The van der Waals surface area contributed by atoms with Gasteiger partial charge in [0.15, 0.2) is 5.82 Å². The van der Waals surface area contributed by atoms with Crippen LogP contribution in [0.15, 0.2) is 50.2 Å². The summed E-state index contributed by atoms with van der Waals surface area (Å²) in [5.41, 5.74) is 6.01. The fourth-order valence-corrected chi connectivity index (χ4v) is 3.73. The summed E-state index contributed by atoms with van der Waals surface area (Å²) in [5.74, 6) is -0.887. The van der Waals surface area contributed by atoms with Gasteiger partial charge >= 0.3 is 0 Å². The van der Waals surface area contributed by atoms with Crippen molar-refractivity contribution in [3.05, 3.63) is 51.2 Å². The summed E-state index contributed by atoms with van der Waals surface area (Å²) < 4.78 is 41.3. The Bertz CT molecular complexity index is 766. The van der Waals surface area contributed by atoms with E-state index in [1.807, 2.05) is 0 Å². The quantitative estimate of drug-likeness (QED) is 0.738. The van der Waals surface area contributed by atoms with Crippen molar-refractivity contribution in [1.82, 2.24) is 0 Å². The minimum Gasteiger partial charge on any atom is -0.399 e. The molecular weight excluding hydrogens is 415 g/mol. The van der Waals surface area contributed by atoms with E-state index in [2.05, 4.69) is 36.6 Å². The molecule has 20 heavy (non-hydrogen) atoms. The second-order valence-electron chi connectivity index (χ2n) is 3.93. The Balaban J connectivity index is 2.46. The monoisotopic (exact) mass is 422 g/mol. The summed E-state index contributed by atoms with van der Waals surface area (Å²) in [7, 11) is -4.06. The second kappa shape index (κ2) is 5.71. The van der Waals surface area contributed by atoms with Crippen molar-refractivity contribution in [1.29, 1.82) is 0 Å². The van der Waals surface area contributed by atoms with E-state index in [0.29, 0.717) is 10.2 Å². The molecule has 0 aromatic heterocycles. The van der Waals surface area contributed by atoms with Crippen LogP contribution in [-0.2, 0) is 10.0 Å². The van der Waals surface area contributed by atoms with E-state index in [4.69, 9.17) is 5.73 Å². The Morgan fingerprint density at radius 1 is 1.15 bits per heavy atom. The third kappa shape index (κ3) is 3.31. The van der Waals surface area contributed by atoms with Gasteiger partial charge in [0, 0.05) is 15.8 Å². The molecule has 0 atom stereocenters. The molecule has 0 unspecified atom stereocenters. The van der Waals surface area contributed by atoms with E-state index in [0.717, 1.165) is 6.07 Å². The molecule has 0 heterocycles. The Morgan fingerprint density at radius 3 is 2.50 bits per heavy atom. The average molecular weight is 424 g/mol. The number of nitrogen functional groups attached to an aromatic ring is 1. The number of anilines is 2. The Morgan fingerprint density at radius 2 is 1.85 bits per heavy atom. The Kier molecular flexibility index (Phi) is 4.36. The average Bonchev–Trinajstić information content (AvgIpc) is 2.33. The third-order valence-corrected chi connectivity index (χ3v) is 4.83. The normalized spacial score (nSPS) is 11.3. The number of nitrogens with two attached hydrogens (primary N) is 1. The summed E-state index contributed by atoms with van der Waals surface area (Å²) in [6.45, 7) is 0. The molecule has 0 spiro atoms. The van der Waals surface area contributed by atoms with Crippen LogP contribution in [0.4, 0.5) is 15.8 Å². The SMILES string of the molecule is Nc1cc(Br)c(F)c(S(=O)(=O)Nc2cccc(Br)c2)c1. The number of benzene rings is 2. The van der Waals surface area contributed by atoms with Crippen molar-refractivity contribution >= 4 is 53.3 Å². The Labute approximate surface area is 132 Å². The second-order valence-corrected chi connectivity index (χ2v) is 7.35. The van der Waals surface area contributed by atoms with Gasteiger partial charge in [-0.15, -0.1) is 0 Å². The van der Waals surface area contributed by atoms with Crippen molar-refractivity contribution in [3.8, 4) is 0 Å². The van der Waals surface area contributed by atoms with Gasteiger partial charge in [0.1, 0.15) is 4.90 Å². The van der Waals surface area contributed by atoms with Crippen LogP contribution in [0.1, 0.15) is 0 Å². The molecule has 0 amide bonds. The first kappa shape index (κ1) is 15.3. The maximum absolute atomic E-state index is 13.9. The molecule has 8 heteroatoms. The van der Waals surface area contributed by atoms with Gasteiger partial charge in [0.25, 0.3) is 10.0 Å². The van der Waals surface area contributed by atoms with Gasteiger partial charge in [-0.05, 0) is 46.3 Å². The molecule has 0 radical (unpaired) electrons. The molecular formula is C12H9Br2FN2O2S. The first-order valence-corrected chi connectivity index (χ1v) is 8.39. The Hall–Kier alpha value is -1.12. The standard InChI is InChI=1S/C12H9Br2FN2O2S/c13-7-2-1-3-9(4-7)17-20(18,19)11-6-8(16)5-10(14)12(11)15/h1-6,17H,16H2. The largest absolute Gasteiger partial charge is 0.399 e. The molecule has 4 nitrogen and oxygen atoms in total. The maximum atomic E-state index is 13.9. The van der Waals surface area contributed by atoms with Crippen LogP contribution in [0.3, 0.4) is 0 Å². The zero-order valence-corrected chi connectivity index (χ0v) is 13.9. The van der Waals surface area contributed by atoms with Crippen LogP contribution in [0.2, 0.25) is 0 Å². The van der Waals surface area contributed by atoms with Gasteiger partial charge in [-0.3, -0.25) is 4.72 Å². The molecule has 0 saturated carbocycles. The fraction of sp³-hybridized carbons (Fsp3) is 0. The highest BCUT2D eigenvalue weighted by Gasteiger charge is 2.22. The van der Waals surface area contributed by atoms with Gasteiger partial charge < -0.3 is 5.73 Å². The van der Waals surface area contributed by atoms with Crippen molar-refractivity contribution < 1.29 is 12.8 Å². The van der Waals surface area contributed by atoms with Crippen LogP contribution >= 0.6 is 31.9 Å². The molecule has 0 aliphatic heterocycles. The number of hydrogen-bond acceptors (Lipinski definition) is 3. The van der Waals surface area contributed by atoms with E-state index in [1.54, 1.807) is 24.3 Å². The summed E-state index contributed by atoms with van der Waals surface area (Å²) in [6.07, 6.45) is 0. The third-order valence-electron chi connectivity index (χ3n) is 2.38. The molecule has 0 aliphatic rings. The van der Waals surface area contributed by atoms with Crippen molar-refractivity contribution in [2.24, 2.45) is 0 Å². The summed E-state index contributed by atoms with van der Waals surface area (Å²) >= 11 is 6.16. The number of sulfonamides is 1. The van der Waals surface area contributed by atoms with Gasteiger partial charge in [-0.2, -0.15) is 0 Å². The lowest BCUT2D eigenvalue weighted by molar-refractivity contribution is 0.567. The molecule has 2 aromatic carbocycles. The number of nitrogens with one attached hydrogen (secondary N) is 1. The van der Waals surface area contributed by atoms with Crippen molar-refractivity contribution in [3.63, 3.8) is 0 Å². The molecule has 106 valence electrons. The van der Waals surface area contributed by atoms with Crippen LogP contribution in [0, 0.1) is 5.82 Å². The maximum Gasteiger partial charge on any atom is 0.264 e. The number of rotatable bonds is 3. The lowest BCUT2D eigenvalue weighted by Crippen LogP contribution is -2.15. The molecule has 0 bridgehead atoms. The summed E-state index contributed by atoms with van der Waals surface area (Å²) in [6, 6.07) is 8.90. The summed E-state index contributed by atoms with van der Waals surface area (Å²) in [4.78, 5) is -0.510. The van der Waals surface area contributed by atoms with E-state index in [1.165, 1.54) is 6.07 Å². The minimum absolute atomic E-state index is 0.00730. The first-order chi connectivity index (χ1) is 9.29. The summed E-state index contributed by atoms with van der Waals surface area (Å²) in [5, 5.41) is 0. The lowest BCUT2D eigenvalue weighted by Gasteiger charge is -2.10. The lowest BCUT2D eigenvalue weighted by atomic mass is 10.3. The van der Waals surface area contributed by atoms with Gasteiger partial charge in [0.2, 0.25) is 0 Å². The van der Waals surface area contributed by atoms with Crippen molar-refractivity contribution in [2.75, 3.05) is 10.5 Å². The highest BCUT2D eigenvalue weighted by Crippen LogP contribution is 2.28. The van der Waals surface area contributed by atoms with Crippen LogP contribution < -0.4 is 10.5 Å². The number of halogens is 3. The first-order valence-electron chi connectivity index (χ1n) is 5.32. The molecule has 0 fully saturated rings. The smallest absolute Gasteiger partial charge is 0.264 e. The van der Waals surface area contributed by atoms with E-state index >= 15 is 0 Å². The number of hydrogen-bond donors (Lipinski definition) is 2. The van der Waals surface area contributed by atoms with E-state index < -0.39 is 20.7 Å². The molecule has 0 aliphatic carbocycles. The van der Waals surface area contributed by atoms with Crippen LogP contribution in [-0.4, -0.2) is 8.42 Å². The molecule has 2 rings (SSSR count). The molecule has 0 saturated heterocycles. The van der Waals surface area contributed by atoms with E-state index in [-0.39, 0.29) is 10.2 Å². The van der Waals surface area contributed by atoms with Crippen LogP contribution in [0.25, 0.3) is 0 Å². The van der Waals surface area contributed by atoms with Gasteiger partial charge in [-0.1, -0.05) is 22.0 Å². The molecule has 2 aromatic rings. The van der Waals surface area contributed by atoms with Crippen molar-refractivity contribution in [2.45, 2.75) is 4.90 Å².